The second-order valence-electron chi connectivity index (χ2n) is 11.4. The van der Waals surface area contributed by atoms with Crippen molar-refractivity contribution in [2.45, 2.75) is 128 Å². The fourth-order valence-corrected chi connectivity index (χ4v) is 5.15. The smallest absolute Gasteiger partial charge is 0.307 e. The van der Waals surface area contributed by atoms with Crippen molar-refractivity contribution < 1.29 is 68.7 Å². The summed E-state index contributed by atoms with van der Waals surface area (Å²) in [6.45, 7) is 8.51. The van der Waals surface area contributed by atoms with Crippen LogP contribution in [0.5, 0.6) is 0 Å². The summed E-state index contributed by atoms with van der Waals surface area (Å²) in [6, 6.07) is 0. The van der Waals surface area contributed by atoms with Gasteiger partial charge in [0.15, 0.2) is 24.5 Å². The molecule has 2 saturated heterocycles. The zero-order valence-electron chi connectivity index (χ0n) is 23.8. The summed E-state index contributed by atoms with van der Waals surface area (Å²) >= 11 is 0. The Morgan fingerprint density at radius 3 is 2.15 bits per heavy atom. The SMILES string of the molecule is CCC1OC(OC2C(COC(=O)CCC(=O)OC3CC(C)(C)C(C)=C(C)C3=O)OC(O)C(O)C2O)C(O)C(O)C1O. The van der Waals surface area contributed by atoms with Crippen LogP contribution in [0.25, 0.3) is 0 Å². The topological polar surface area (TPSA) is 219 Å². The van der Waals surface area contributed by atoms with E-state index in [1.807, 2.05) is 20.8 Å². The largest absolute Gasteiger partial charge is 0.463 e. The van der Waals surface area contributed by atoms with Crippen molar-refractivity contribution in [1.29, 1.82) is 0 Å². The average molecular weight is 591 g/mol. The van der Waals surface area contributed by atoms with Crippen LogP contribution < -0.4 is 0 Å². The molecule has 3 aliphatic rings. The Morgan fingerprint density at radius 2 is 1.51 bits per heavy atom. The highest BCUT2D eigenvalue weighted by atomic mass is 16.7. The van der Waals surface area contributed by atoms with E-state index in [9.17, 15) is 45.0 Å². The van der Waals surface area contributed by atoms with Gasteiger partial charge in [-0.25, -0.2) is 0 Å². The van der Waals surface area contributed by atoms with Gasteiger partial charge in [0.2, 0.25) is 0 Å². The number of ether oxygens (including phenoxy) is 5. The van der Waals surface area contributed by atoms with Crippen LogP contribution >= 0.6 is 0 Å². The number of aliphatic hydroxyl groups is 6. The lowest BCUT2D eigenvalue weighted by Crippen LogP contribution is -2.64. The molecule has 0 bridgehead atoms. The molecule has 6 N–H and O–H groups in total. The second kappa shape index (κ2) is 13.5. The summed E-state index contributed by atoms with van der Waals surface area (Å²) in [6.07, 6.45) is -16.7. The van der Waals surface area contributed by atoms with Gasteiger partial charge in [-0.1, -0.05) is 26.3 Å². The molecule has 234 valence electrons. The maximum atomic E-state index is 12.6. The van der Waals surface area contributed by atoms with Gasteiger partial charge in [-0.15, -0.1) is 0 Å². The Labute approximate surface area is 237 Å². The van der Waals surface area contributed by atoms with Crippen LogP contribution in [0.1, 0.15) is 60.3 Å². The van der Waals surface area contributed by atoms with Crippen molar-refractivity contribution in [2.75, 3.05) is 6.61 Å². The van der Waals surface area contributed by atoms with Crippen LogP contribution in [-0.2, 0) is 38.1 Å². The van der Waals surface area contributed by atoms with Crippen LogP contribution in [0.3, 0.4) is 0 Å². The molecule has 11 atom stereocenters. The Kier molecular flexibility index (Phi) is 11.0. The van der Waals surface area contributed by atoms with Crippen LogP contribution in [0, 0.1) is 5.41 Å². The highest BCUT2D eigenvalue weighted by Gasteiger charge is 2.50. The zero-order chi connectivity index (χ0) is 30.8. The number of carbonyl (C=O) groups excluding carboxylic acids is 3. The van der Waals surface area contributed by atoms with Crippen LogP contribution in [0.4, 0.5) is 0 Å². The standard InChI is InChI=1S/C27H42O14/c1-6-13-19(31)20(32)23(35)26(40-13)41-24-15(39-25(36)22(34)21(24)33)10-37-16(28)7-8-17(29)38-14-9-27(4,5)12(3)11(2)18(14)30/h13-15,19-26,31-36H,6-10H2,1-5H3. The number of allylic oxidation sites excluding steroid dienone is 1. The van der Waals surface area contributed by atoms with E-state index in [-0.39, 0.29) is 24.0 Å². The first-order valence-electron chi connectivity index (χ1n) is 13.7. The third-order valence-corrected chi connectivity index (χ3v) is 8.17. The molecule has 0 amide bonds. The van der Waals surface area contributed by atoms with Gasteiger partial charge in [0.25, 0.3) is 0 Å². The van der Waals surface area contributed by atoms with E-state index in [2.05, 4.69) is 0 Å². The molecule has 1 aliphatic carbocycles. The monoisotopic (exact) mass is 590 g/mol. The van der Waals surface area contributed by atoms with Gasteiger partial charge in [-0.05, 0) is 31.3 Å². The molecule has 14 nitrogen and oxygen atoms in total. The molecule has 14 heteroatoms. The van der Waals surface area contributed by atoms with Crippen LogP contribution in [-0.4, -0.2) is 122 Å². The van der Waals surface area contributed by atoms with Crippen molar-refractivity contribution in [2.24, 2.45) is 5.41 Å². The Bertz CT molecular complexity index is 992. The Hall–Kier alpha value is -2.01. The zero-order valence-corrected chi connectivity index (χ0v) is 23.8. The number of hydrogen-bond donors (Lipinski definition) is 6. The fraction of sp³-hybridized carbons (Fsp3) is 0.815. The van der Waals surface area contributed by atoms with Crippen molar-refractivity contribution in [1.82, 2.24) is 0 Å². The molecule has 3 rings (SSSR count). The fourth-order valence-electron chi connectivity index (χ4n) is 5.15. The van der Waals surface area contributed by atoms with Crippen molar-refractivity contribution in [3.63, 3.8) is 0 Å². The lowest BCUT2D eigenvalue weighted by atomic mass is 9.72. The Morgan fingerprint density at radius 1 is 0.878 bits per heavy atom. The molecule has 2 fully saturated rings. The summed E-state index contributed by atoms with van der Waals surface area (Å²) in [5.74, 6) is -1.90. The molecule has 0 aromatic carbocycles. The number of Topliss-reactive ketones (excluding diaryl/α,β-unsaturated/α-hetero) is 1. The lowest BCUT2D eigenvalue weighted by Gasteiger charge is -2.45. The van der Waals surface area contributed by atoms with Gasteiger partial charge < -0.3 is 54.3 Å². The van der Waals surface area contributed by atoms with Gasteiger partial charge in [-0.2, -0.15) is 0 Å². The number of aliphatic hydroxyl groups excluding tert-OH is 6. The molecule has 11 unspecified atom stereocenters. The van der Waals surface area contributed by atoms with E-state index in [4.69, 9.17) is 23.7 Å². The normalized spacial score (nSPS) is 39.4. The lowest BCUT2D eigenvalue weighted by molar-refractivity contribution is -0.353. The summed E-state index contributed by atoms with van der Waals surface area (Å²) in [4.78, 5) is 37.3. The third-order valence-electron chi connectivity index (χ3n) is 8.17. The molecule has 0 radical (unpaired) electrons. The summed E-state index contributed by atoms with van der Waals surface area (Å²) < 4.78 is 26.8. The number of hydrogen-bond acceptors (Lipinski definition) is 14. The minimum atomic E-state index is -1.87. The van der Waals surface area contributed by atoms with Gasteiger partial charge >= 0.3 is 11.9 Å². The molecular formula is C27H42O14. The van der Waals surface area contributed by atoms with Crippen molar-refractivity contribution in [3.05, 3.63) is 11.1 Å². The summed E-state index contributed by atoms with van der Waals surface area (Å²) in [7, 11) is 0. The highest BCUT2D eigenvalue weighted by molar-refractivity contribution is 6.01. The van der Waals surface area contributed by atoms with Crippen LogP contribution in [0.2, 0.25) is 0 Å². The summed E-state index contributed by atoms with van der Waals surface area (Å²) in [5, 5.41) is 61.1. The van der Waals surface area contributed by atoms with E-state index in [1.54, 1.807) is 13.8 Å². The van der Waals surface area contributed by atoms with E-state index in [1.165, 1.54) is 0 Å². The Balaban J connectivity index is 1.56. The predicted octanol–water partition coefficient (Wildman–Crippen LogP) is -1.40. The number of ketones is 1. The number of esters is 2. The van der Waals surface area contributed by atoms with E-state index >= 15 is 0 Å². The molecule has 0 aromatic heterocycles. The van der Waals surface area contributed by atoms with Gasteiger partial charge in [0.05, 0.1) is 18.9 Å². The maximum absolute atomic E-state index is 12.6. The minimum absolute atomic E-state index is 0.252. The minimum Gasteiger partial charge on any atom is -0.463 e. The molecular weight excluding hydrogens is 548 g/mol. The molecule has 41 heavy (non-hydrogen) atoms. The molecule has 0 aromatic rings. The van der Waals surface area contributed by atoms with Crippen molar-refractivity contribution >= 4 is 17.7 Å². The third kappa shape index (κ3) is 7.50. The van der Waals surface area contributed by atoms with Crippen molar-refractivity contribution in [3.8, 4) is 0 Å². The van der Waals surface area contributed by atoms with Gasteiger partial charge in [0, 0.05) is 6.42 Å². The van der Waals surface area contributed by atoms with E-state index < -0.39 is 92.5 Å². The van der Waals surface area contributed by atoms with Gasteiger partial charge in [0.1, 0.15) is 49.3 Å². The summed E-state index contributed by atoms with van der Waals surface area (Å²) in [5.41, 5.74) is 1.13. The van der Waals surface area contributed by atoms with Crippen LogP contribution in [0.15, 0.2) is 11.1 Å². The molecule has 0 spiro atoms. The molecule has 2 heterocycles. The van der Waals surface area contributed by atoms with E-state index in [0.29, 0.717) is 12.0 Å². The first kappa shape index (κ1) is 33.5. The predicted molar refractivity (Wildman–Crippen MR) is 137 cm³/mol. The second-order valence-corrected chi connectivity index (χ2v) is 11.4. The van der Waals surface area contributed by atoms with Gasteiger partial charge in [-0.3, -0.25) is 14.4 Å². The number of carbonyl (C=O) groups is 3. The van der Waals surface area contributed by atoms with E-state index in [0.717, 1.165) is 5.57 Å². The first-order chi connectivity index (χ1) is 19.1. The molecule has 2 aliphatic heterocycles. The maximum Gasteiger partial charge on any atom is 0.307 e. The quantitative estimate of drug-likeness (QED) is 0.170. The number of rotatable bonds is 9. The highest BCUT2D eigenvalue weighted by Crippen LogP contribution is 2.39. The average Bonchev–Trinajstić information content (AvgIpc) is 2.92. The molecule has 0 saturated carbocycles. The first-order valence-corrected chi connectivity index (χ1v) is 13.7.